The molecule has 0 spiro atoms. The standard InChI is InChI=1S/C13H22N2O2/c1-4-11(2)15(8-9-17-3)10-13(16)12-6-5-7-14-12/h5-7,11,14H,4,8-10H2,1-3H3. The first-order valence-corrected chi connectivity index (χ1v) is 6.08. The van der Waals surface area contributed by atoms with Crippen molar-refractivity contribution >= 4 is 5.78 Å². The third-order valence-corrected chi connectivity index (χ3v) is 3.04. The molecule has 1 unspecified atom stereocenters. The van der Waals surface area contributed by atoms with Crippen LogP contribution in [0.3, 0.4) is 0 Å². The number of H-pyrrole nitrogens is 1. The zero-order valence-electron chi connectivity index (χ0n) is 10.9. The van der Waals surface area contributed by atoms with Gasteiger partial charge in [0, 0.05) is 25.9 Å². The maximum atomic E-state index is 12.0. The molecule has 0 saturated heterocycles. The van der Waals surface area contributed by atoms with Crippen LogP contribution in [0.5, 0.6) is 0 Å². The number of ether oxygens (including phenoxy) is 1. The molecule has 1 atom stereocenters. The average Bonchev–Trinajstić information content (AvgIpc) is 2.87. The van der Waals surface area contributed by atoms with Crippen LogP contribution < -0.4 is 0 Å². The van der Waals surface area contributed by atoms with E-state index in [0.29, 0.717) is 24.9 Å². The van der Waals surface area contributed by atoms with Gasteiger partial charge in [-0.2, -0.15) is 0 Å². The van der Waals surface area contributed by atoms with Gasteiger partial charge in [0.05, 0.1) is 18.8 Å². The summed E-state index contributed by atoms with van der Waals surface area (Å²) in [5.74, 6) is 0.131. The number of aromatic amines is 1. The summed E-state index contributed by atoms with van der Waals surface area (Å²) >= 11 is 0. The highest BCUT2D eigenvalue weighted by atomic mass is 16.5. The Balaban J connectivity index is 2.56. The van der Waals surface area contributed by atoms with E-state index in [4.69, 9.17) is 4.74 Å². The van der Waals surface area contributed by atoms with Gasteiger partial charge >= 0.3 is 0 Å². The van der Waals surface area contributed by atoms with Gasteiger partial charge in [-0.05, 0) is 25.5 Å². The number of Topliss-reactive ketones (excluding diaryl/α,β-unsaturated/α-hetero) is 1. The Morgan fingerprint density at radius 2 is 2.35 bits per heavy atom. The van der Waals surface area contributed by atoms with E-state index in [1.54, 1.807) is 13.3 Å². The summed E-state index contributed by atoms with van der Waals surface area (Å²) in [7, 11) is 1.68. The number of carbonyl (C=O) groups is 1. The average molecular weight is 238 g/mol. The number of nitrogens with zero attached hydrogens (tertiary/aromatic N) is 1. The van der Waals surface area contributed by atoms with E-state index in [1.165, 1.54) is 0 Å². The third kappa shape index (κ3) is 4.32. The Hall–Kier alpha value is -1.13. The number of nitrogens with one attached hydrogen (secondary N) is 1. The van der Waals surface area contributed by atoms with Gasteiger partial charge in [0.25, 0.3) is 0 Å². The minimum absolute atomic E-state index is 0.131. The van der Waals surface area contributed by atoms with Crippen molar-refractivity contribution in [1.82, 2.24) is 9.88 Å². The highest BCUT2D eigenvalue weighted by molar-refractivity contribution is 5.95. The van der Waals surface area contributed by atoms with E-state index < -0.39 is 0 Å². The topological polar surface area (TPSA) is 45.3 Å². The smallest absolute Gasteiger partial charge is 0.192 e. The van der Waals surface area contributed by atoms with Crippen molar-refractivity contribution in [3.63, 3.8) is 0 Å². The number of hydrogen-bond donors (Lipinski definition) is 1. The normalized spacial score (nSPS) is 12.9. The van der Waals surface area contributed by atoms with E-state index in [9.17, 15) is 4.79 Å². The summed E-state index contributed by atoms with van der Waals surface area (Å²) in [5, 5.41) is 0. The number of methoxy groups -OCH3 is 1. The number of ketones is 1. The summed E-state index contributed by atoms with van der Waals surface area (Å²) in [6.07, 6.45) is 2.80. The molecule has 0 aliphatic rings. The Morgan fingerprint density at radius 3 is 2.88 bits per heavy atom. The Morgan fingerprint density at radius 1 is 1.59 bits per heavy atom. The van der Waals surface area contributed by atoms with Gasteiger partial charge in [0.15, 0.2) is 5.78 Å². The molecule has 1 N–H and O–H groups in total. The summed E-state index contributed by atoms with van der Waals surface area (Å²) in [6.45, 7) is 6.15. The van der Waals surface area contributed by atoms with Crippen LogP contribution in [0.2, 0.25) is 0 Å². The SMILES string of the molecule is CCC(C)N(CCOC)CC(=O)c1ccc[nH]1. The summed E-state index contributed by atoms with van der Waals surface area (Å²) in [4.78, 5) is 17.1. The zero-order valence-corrected chi connectivity index (χ0v) is 10.9. The third-order valence-electron chi connectivity index (χ3n) is 3.04. The van der Waals surface area contributed by atoms with E-state index in [1.807, 2.05) is 12.1 Å². The second kappa shape index (κ2) is 7.25. The Labute approximate surface area is 103 Å². The molecule has 1 aromatic rings. The minimum Gasteiger partial charge on any atom is -0.383 e. The highest BCUT2D eigenvalue weighted by Crippen LogP contribution is 2.06. The fraction of sp³-hybridized carbons (Fsp3) is 0.615. The fourth-order valence-corrected chi connectivity index (χ4v) is 1.70. The molecule has 0 saturated carbocycles. The molecule has 0 aromatic carbocycles. The van der Waals surface area contributed by atoms with Crippen LogP contribution in [0.1, 0.15) is 30.8 Å². The van der Waals surface area contributed by atoms with Crippen LogP contribution in [0.4, 0.5) is 0 Å². The van der Waals surface area contributed by atoms with Crippen LogP contribution in [0.25, 0.3) is 0 Å². The maximum Gasteiger partial charge on any atom is 0.192 e. The number of rotatable bonds is 8. The molecular weight excluding hydrogens is 216 g/mol. The van der Waals surface area contributed by atoms with Crippen LogP contribution in [0.15, 0.2) is 18.3 Å². The first-order chi connectivity index (χ1) is 8.19. The molecule has 0 bridgehead atoms. The number of hydrogen-bond acceptors (Lipinski definition) is 3. The van der Waals surface area contributed by atoms with E-state index in [-0.39, 0.29) is 5.78 Å². The largest absolute Gasteiger partial charge is 0.383 e. The number of carbonyl (C=O) groups excluding carboxylic acids is 1. The van der Waals surface area contributed by atoms with E-state index >= 15 is 0 Å². The summed E-state index contributed by atoms with van der Waals surface area (Å²) < 4.78 is 5.08. The summed E-state index contributed by atoms with van der Waals surface area (Å²) in [5.41, 5.74) is 0.677. The van der Waals surface area contributed by atoms with Gasteiger partial charge in [0.2, 0.25) is 0 Å². The Kier molecular flexibility index (Phi) is 5.94. The molecule has 0 radical (unpaired) electrons. The van der Waals surface area contributed by atoms with Crippen molar-refractivity contribution in [3.05, 3.63) is 24.0 Å². The van der Waals surface area contributed by atoms with Gasteiger partial charge in [0.1, 0.15) is 0 Å². The second-order valence-corrected chi connectivity index (χ2v) is 4.23. The van der Waals surface area contributed by atoms with Crippen molar-refractivity contribution < 1.29 is 9.53 Å². The molecular formula is C13H22N2O2. The monoisotopic (exact) mass is 238 g/mol. The fourth-order valence-electron chi connectivity index (χ4n) is 1.70. The number of aromatic nitrogens is 1. The lowest BCUT2D eigenvalue weighted by molar-refractivity contribution is 0.0830. The lowest BCUT2D eigenvalue weighted by Crippen LogP contribution is -2.39. The van der Waals surface area contributed by atoms with Crippen LogP contribution in [0, 0.1) is 0 Å². The van der Waals surface area contributed by atoms with Gasteiger partial charge in [-0.3, -0.25) is 9.69 Å². The van der Waals surface area contributed by atoms with Crippen molar-refractivity contribution in [3.8, 4) is 0 Å². The predicted octanol–water partition coefficient (Wildman–Crippen LogP) is 1.94. The first-order valence-electron chi connectivity index (χ1n) is 6.08. The quantitative estimate of drug-likeness (QED) is 0.704. The van der Waals surface area contributed by atoms with Gasteiger partial charge < -0.3 is 9.72 Å². The first kappa shape index (κ1) is 13.9. The van der Waals surface area contributed by atoms with Crippen LogP contribution in [-0.4, -0.2) is 48.5 Å². The second-order valence-electron chi connectivity index (χ2n) is 4.23. The van der Waals surface area contributed by atoms with Crippen molar-refractivity contribution in [2.24, 2.45) is 0 Å². The van der Waals surface area contributed by atoms with Crippen molar-refractivity contribution in [2.45, 2.75) is 26.3 Å². The van der Waals surface area contributed by atoms with Crippen molar-refractivity contribution in [1.29, 1.82) is 0 Å². The molecule has 0 amide bonds. The maximum absolute atomic E-state index is 12.0. The molecule has 0 aliphatic carbocycles. The van der Waals surface area contributed by atoms with Crippen LogP contribution in [-0.2, 0) is 4.74 Å². The lowest BCUT2D eigenvalue weighted by Gasteiger charge is -2.27. The van der Waals surface area contributed by atoms with Gasteiger partial charge in [-0.25, -0.2) is 0 Å². The molecule has 1 heterocycles. The van der Waals surface area contributed by atoms with Gasteiger partial charge in [-0.15, -0.1) is 0 Å². The molecule has 0 aliphatic heterocycles. The zero-order chi connectivity index (χ0) is 12.7. The predicted molar refractivity (Wildman–Crippen MR) is 68.3 cm³/mol. The molecule has 1 aromatic heterocycles. The highest BCUT2D eigenvalue weighted by Gasteiger charge is 2.17. The molecule has 96 valence electrons. The van der Waals surface area contributed by atoms with E-state index in [2.05, 4.69) is 23.7 Å². The molecule has 0 fully saturated rings. The van der Waals surface area contributed by atoms with E-state index in [0.717, 1.165) is 13.0 Å². The lowest BCUT2D eigenvalue weighted by atomic mass is 10.2. The molecule has 4 nitrogen and oxygen atoms in total. The summed E-state index contributed by atoms with van der Waals surface area (Å²) in [6, 6.07) is 4.05. The van der Waals surface area contributed by atoms with Crippen LogP contribution >= 0.6 is 0 Å². The molecule has 4 heteroatoms. The molecule has 17 heavy (non-hydrogen) atoms. The van der Waals surface area contributed by atoms with Crippen molar-refractivity contribution in [2.75, 3.05) is 26.8 Å². The van der Waals surface area contributed by atoms with Gasteiger partial charge in [-0.1, -0.05) is 6.92 Å². The molecule has 1 rings (SSSR count). The minimum atomic E-state index is 0.131. The Bertz CT molecular complexity index is 322.